The quantitative estimate of drug-likeness (QED) is 0.631. The van der Waals surface area contributed by atoms with Crippen LogP contribution >= 0.6 is 0 Å². The minimum absolute atomic E-state index is 0.0705. The SMILES string of the molecule is CCOCCCNS(=O)(=O)c1ccc(OCC)c(NC(C)=O)c1. The van der Waals surface area contributed by atoms with E-state index in [4.69, 9.17) is 9.47 Å². The Bertz CT molecular complexity index is 616. The molecule has 1 aromatic carbocycles. The van der Waals surface area contributed by atoms with Crippen LogP contribution in [0.4, 0.5) is 5.69 Å². The number of anilines is 1. The van der Waals surface area contributed by atoms with Crippen LogP contribution in [-0.4, -0.2) is 40.7 Å². The van der Waals surface area contributed by atoms with Gasteiger partial charge >= 0.3 is 0 Å². The fourth-order valence-corrected chi connectivity index (χ4v) is 2.95. The molecule has 0 unspecified atom stereocenters. The lowest BCUT2D eigenvalue weighted by molar-refractivity contribution is -0.114. The van der Waals surface area contributed by atoms with Crippen molar-refractivity contribution in [1.82, 2.24) is 4.72 Å². The van der Waals surface area contributed by atoms with Crippen LogP contribution in [0, 0.1) is 0 Å². The number of carbonyl (C=O) groups excluding carboxylic acids is 1. The van der Waals surface area contributed by atoms with Crippen LogP contribution < -0.4 is 14.8 Å². The first-order valence-electron chi connectivity index (χ1n) is 7.52. The molecule has 0 spiro atoms. The van der Waals surface area contributed by atoms with Crippen molar-refractivity contribution in [2.24, 2.45) is 0 Å². The van der Waals surface area contributed by atoms with Crippen molar-refractivity contribution in [3.63, 3.8) is 0 Å². The second kappa shape index (κ2) is 9.49. The highest BCUT2D eigenvalue weighted by Crippen LogP contribution is 2.27. The predicted octanol–water partition coefficient (Wildman–Crippen LogP) is 1.75. The lowest BCUT2D eigenvalue weighted by Gasteiger charge is -2.13. The molecule has 0 aliphatic heterocycles. The third-order valence-corrected chi connectivity index (χ3v) is 4.29. The van der Waals surface area contributed by atoms with Gasteiger partial charge in [0.2, 0.25) is 15.9 Å². The Labute approximate surface area is 137 Å². The molecule has 0 aromatic heterocycles. The van der Waals surface area contributed by atoms with Crippen molar-refractivity contribution < 1.29 is 22.7 Å². The summed E-state index contributed by atoms with van der Waals surface area (Å²) in [7, 11) is -3.65. The molecule has 0 atom stereocenters. The highest BCUT2D eigenvalue weighted by molar-refractivity contribution is 7.89. The molecule has 1 amide bonds. The van der Waals surface area contributed by atoms with Gasteiger partial charge in [0, 0.05) is 26.7 Å². The molecule has 0 saturated heterocycles. The standard InChI is InChI=1S/C15H24N2O5S/c1-4-21-10-6-9-16-23(19,20)13-7-8-15(22-5-2)14(11-13)17-12(3)18/h7-8,11,16H,4-6,9-10H2,1-3H3,(H,17,18). The lowest BCUT2D eigenvalue weighted by Crippen LogP contribution is -2.25. The first kappa shape index (κ1) is 19.4. The summed E-state index contributed by atoms with van der Waals surface area (Å²) in [5.41, 5.74) is 0.330. The van der Waals surface area contributed by atoms with Gasteiger partial charge in [-0.15, -0.1) is 0 Å². The molecule has 23 heavy (non-hydrogen) atoms. The average Bonchev–Trinajstić information content (AvgIpc) is 2.48. The minimum atomic E-state index is -3.65. The van der Waals surface area contributed by atoms with E-state index in [1.54, 1.807) is 0 Å². The molecule has 7 nitrogen and oxygen atoms in total. The van der Waals surface area contributed by atoms with Gasteiger partial charge in [-0.05, 0) is 38.5 Å². The number of hydrogen-bond donors (Lipinski definition) is 2. The summed E-state index contributed by atoms with van der Waals surface area (Å²) >= 11 is 0. The van der Waals surface area contributed by atoms with E-state index < -0.39 is 10.0 Å². The van der Waals surface area contributed by atoms with Gasteiger partial charge in [-0.2, -0.15) is 0 Å². The van der Waals surface area contributed by atoms with Crippen molar-refractivity contribution in [2.45, 2.75) is 32.1 Å². The summed E-state index contributed by atoms with van der Waals surface area (Å²) < 4.78 is 37.6. The molecule has 1 aromatic rings. The highest BCUT2D eigenvalue weighted by atomic mass is 32.2. The fraction of sp³-hybridized carbons (Fsp3) is 0.533. The molecule has 0 aliphatic rings. The van der Waals surface area contributed by atoms with Crippen molar-refractivity contribution in [2.75, 3.05) is 31.7 Å². The van der Waals surface area contributed by atoms with Crippen molar-refractivity contribution in [3.8, 4) is 5.75 Å². The number of amides is 1. The van der Waals surface area contributed by atoms with E-state index in [-0.39, 0.29) is 17.3 Å². The fourth-order valence-electron chi connectivity index (χ4n) is 1.85. The van der Waals surface area contributed by atoms with Gasteiger partial charge in [-0.3, -0.25) is 4.79 Å². The van der Waals surface area contributed by atoms with Gasteiger partial charge in [0.25, 0.3) is 0 Å². The lowest BCUT2D eigenvalue weighted by atomic mass is 10.3. The van der Waals surface area contributed by atoms with Crippen LogP contribution in [-0.2, 0) is 19.6 Å². The van der Waals surface area contributed by atoms with Gasteiger partial charge in [0.15, 0.2) is 0 Å². The summed E-state index contributed by atoms with van der Waals surface area (Å²) in [5, 5.41) is 2.58. The van der Waals surface area contributed by atoms with Crippen LogP contribution in [0.1, 0.15) is 27.2 Å². The average molecular weight is 344 g/mol. The van der Waals surface area contributed by atoms with Gasteiger partial charge < -0.3 is 14.8 Å². The van der Waals surface area contributed by atoms with Gasteiger partial charge in [0.1, 0.15) is 5.75 Å². The summed E-state index contributed by atoms with van der Waals surface area (Å²) in [6.45, 7) is 6.84. The van der Waals surface area contributed by atoms with Crippen LogP contribution in [0.3, 0.4) is 0 Å². The molecule has 2 N–H and O–H groups in total. The van der Waals surface area contributed by atoms with E-state index in [0.717, 1.165) is 0 Å². The summed E-state index contributed by atoms with van der Waals surface area (Å²) in [4.78, 5) is 11.3. The molecule has 0 fully saturated rings. The Balaban J connectivity index is 2.86. The molecular formula is C15H24N2O5S. The maximum Gasteiger partial charge on any atom is 0.240 e. The zero-order valence-corrected chi connectivity index (χ0v) is 14.5. The zero-order chi connectivity index (χ0) is 17.3. The van der Waals surface area contributed by atoms with Crippen molar-refractivity contribution in [1.29, 1.82) is 0 Å². The molecule has 1 rings (SSSR count). The van der Waals surface area contributed by atoms with E-state index in [0.29, 0.717) is 37.7 Å². The normalized spacial score (nSPS) is 11.3. The van der Waals surface area contributed by atoms with Crippen molar-refractivity contribution >= 4 is 21.6 Å². The Morgan fingerprint density at radius 1 is 1.22 bits per heavy atom. The summed E-state index contributed by atoms with van der Waals surface area (Å²) in [6.07, 6.45) is 0.586. The Hall–Kier alpha value is -1.64. The van der Waals surface area contributed by atoms with E-state index in [9.17, 15) is 13.2 Å². The largest absolute Gasteiger partial charge is 0.492 e. The maximum absolute atomic E-state index is 12.3. The topological polar surface area (TPSA) is 93.7 Å². The smallest absolute Gasteiger partial charge is 0.240 e. The molecule has 0 aliphatic carbocycles. The molecule has 0 radical (unpaired) electrons. The number of carbonyl (C=O) groups is 1. The predicted molar refractivity (Wildman–Crippen MR) is 88.2 cm³/mol. The number of sulfonamides is 1. The second-order valence-electron chi connectivity index (χ2n) is 4.72. The van der Waals surface area contributed by atoms with Crippen LogP contribution in [0.2, 0.25) is 0 Å². The Morgan fingerprint density at radius 2 is 1.96 bits per heavy atom. The molecule has 0 bridgehead atoms. The number of benzene rings is 1. The summed E-state index contributed by atoms with van der Waals surface area (Å²) in [6, 6.07) is 4.36. The summed E-state index contributed by atoms with van der Waals surface area (Å²) in [5.74, 6) is 0.128. The van der Waals surface area contributed by atoms with Gasteiger partial charge in [0.05, 0.1) is 17.2 Å². The number of hydrogen-bond acceptors (Lipinski definition) is 5. The number of ether oxygens (including phenoxy) is 2. The van der Waals surface area contributed by atoms with Crippen molar-refractivity contribution in [3.05, 3.63) is 18.2 Å². The molecule has 0 saturated carbocycles. The van der Waals surface area contributed by atoms with Gasteiger partial charge in [-0.1, -0.05) is 0 Å². The van der Waals surface area contributed by atoms with E-state index in [1.807, 2.05) is 13.8 Å². The molecular weight excluding hydrogens is 320 g/mol. The molecule has 0 heterocycles. The van der Waals surface area contributed by atoms with E-state index in [2.05, 4.69) is 10.0 Å². The third kappa shape index (κ3) is 6.55. The molecule has 130 valence electrons. The van der Waals surface area contributed by atoms with E-state index in [1.165, 1.54) is 25.1 Å². The van der Waals surface area contributed by atoms with Crippen LogP contribution in [0.5, 0.6) is 5.75 Å². The Morgan fingerprint density at radius 3 is 2.57 bits per heavy atom. The van der Waals surface area contributed by atoms with Crippen LogP contribution in [0.15, 0.2) is 23.1 Å². The number of nitrogens with one attached hydrogen (secondary N) is 2. The van der Waals surface area contributed by atoms with Crippen LogP contribution in [0.25, 0.3) is 0 Å². The second-order valence-corrected chi connectivity index (χ2v) is 6.49. The molecule has 8 heteroatoms. The minimum Gasteiger partial charge on any atom is -0.492 e. The Kier molecular flexibility index (Phi) is 8.01. The number of rotatable bonds is 10. The first-order chi connectivity index (χ1) is 10.9. The highest BCUT2D eigenvalue weighted by Gasteiger charge is 2.16. The van der Waals surface area contributed by atoms with Gasteiger partial charge in [-0.25, -0.2) is 13.1 Å². The first-order valence-corrected chi connectivity index (χ1v) is 9.00. The third-order valence-electron chi connectivity index (χ3n) is 2.83. The monoisotopic (exact) mass is 344 g/mol. The van der Waals surface area contributed by atoms with E-state index >= 15 is 0 Å². The maximum atomic E-state index is 12.3. The zero-order valence-electron chi connectivity index (χ0n) is 13.7.